The number of carbonyl (C=O) groups excluding carboxylic acids is 1. The second-order valence-electron chi connectivity index (χ2n) is 7.76. The van der Waals surface area contributed by atoms with Gasteiger partial charge in [-0.25, -0.2) is 4.79 Å². The van der Waals surface area contributed by atoms with Crippen molar-refractivity contribution in [3.05, 3.63) is 29.8 Å². The molecule has 0 aliphatic heterocycles. The molecular formula is C26H45NO7. The first kappa shape index (κ1) is 30.3. The van der Waals surface area contributed by atoms with Crippen LogP contribution in [0.15, 0.2) is 24.3 Å². The van der Waals surface area contributed by atoms with Crippen LogP contribution < -0.4 is 5.32 Å². The fraction of sp³-hybridized carbons (Fsp3) is 0.731. The summed E-state index contributed by atoms with van der Waals surface area (Å²) in [5, 5.41) is 3.32. The summed E-state index contributed by atoms with van der Waals surface area (Å²) in [7, 11) is 0. The van der Waals surface area contributed by atoms with Crippen molar-refractivity contribution in [3.8, 4) is 0 Å². The lowest BCUT2D eigenvalue weighted by molar-refractivity contribution is -0.0153. The molecule has 0 fully saturated rings. The first-order valence-corrected chi connectivity index (χ1v) is 12.7. The van der Waals surface area contributed by atoms with Crippen molar-refractivity contribution in [1.29, 1.82) is 0 Å². The summed E-state index contributed by atoms with van der Waals surface area (Å²) in [5.41, 5.74) is 1.54. The van der Waals surface area contributed by atoms with E-state index < -0.39 is 0 Å². The number of hydrogen-bond acceptors (Lipinski definition) is 8. The topological polar surface area (TPSA) is 84.5 Å². The van der Waals surface area contributed by atoms with Gasteiger partial charge >= 0.3 is 5.97 Å². The summed E-state index contributed by atoms with van der Waals surface area (Å²) in [6.45, 7) is 10.9. The zero-order chi connectivity index (χ0) is 24.5. The van der Waals surface area contributed by atoms with Gasteiger partial charge in [-0.2, -0.15) is 0 Å². The van der Waals surface area contributed by atoms with Crippen LogP contribution in [0.4, 0.5) is 5.69 Å². The number of hydrogen-bond donors (Lipinski definition) is 1. The zero-order valence-corrected chi connectivity index (χ0v) is 21.2. The smallest absolute Gasteiger partial charge is 0.338 e. The number of carbonyl (C=O) groups is 1. The Balaban J connectivity index is 1.83. The maximum absolute atomic E-state index is 12.0. The summed E-state index contributed by atoms with van der Waals surface area (Å²) >= 11 is 0. The van der Waals surface area contributed by atoms with E-state index >= 15 is 0 Å². The molecule has 0 atom stereocenters. The van der Waals surface area contributed by atoms with E-state index in [1.54, 1.807) is 12.1 Å². The van der Waals surface area contributed by atoms with E-state index in [9.17, 15) is 4.79 Å². The number of anilines is 1. The highest BCUT2D eigenvalue weighted by atomic mass is 16.6. The maximum atomic E-state index is 12.0. The molecule has 196 valence electrons. The summed E-state index contributed by atoms with van der Waals surface area (Å²) in [6.07, 6.45) is 5.80. The van der Waals surface area contributed by atoms with E-state index in [-0.39, 0.29) is 12.6 Å². The molecular weight excluding hydrogens is 438 g/mol. The molecule has 0 saturated heterocycles. The molecule has 0 bridgehead atoms. The lowest BCUT2D eigenvalue weighted by Gasteiger charge is -2.09. The molecule has 0 radical (unpaired) electrons. The van der Waals surface area contributed by atoms with E-state index in [0.717, 1.165) is 38.1 Å². The summed E-state index contributed by atoms with van der Waals surface area (Å²) in [5.74, 6) is -0.347. The molecule has 1 aromatic rings. The molecule has 8 heteroatoms. The summed E-state index contributed by atoms with van der Waals surface area (Å²) in [6, 6.07) is 7.32. The van der Waals surface area contributed by atoms with Gasteiger partial charge in [0.1, 0.15) is 6.61 Å². The van der Waals surface area contributed by atoms with Crippen molar-refractivity contribution in [2.75, 3.05) is 84.5 Å². The van der Waals surface area contributed by atoms with Gasteiger partial charge in [-0.15, -0.1) is 0 Å². The number of nitrogens with one attached hydrogen (secondary N) is 1. The fourth-order valence-corrected chi connectivity index (χ4v) is 2.85. The quantitative estimate of drug-likeness (QED) is 0.172. The highest BCUT2D eigenvalue weighted by Gasteiger charge is 2.06. The Morgan fingerprint density at radius 2 is 1.09 bits per heavy atom. The third-order valence-corrected chi connectivity index (χ3v) is 4.82. The Morgan fingerprint density at radius 3 is 1.59 bits per heavy atom. The van der Waals surface area contributed by atoms with E-state index in [4.69, 9.17) is 28.4 Å². The average Bonchev–Trinajstić information content (AvgIpc) is 2.86. The van der Waals surface area contributed by atoms with Gasteiger partial charge in [-0.1, -0.05) is 33.1 Å². The Labute approximate surface area is 205 Å². The van der Waals surface area contributed by atoms with Gasteiger partial charge in [0, 0.05) is 18.8 Å². The van der Waals surface area contributed by atoms with Gasteiger partial charge in [-0.3, -0.25) is 0 Å². The van der Waals surface area contributed by atoms with Gasteiger partial charge < -0.3 is 33.7 Å². The van der Waals surface area contributed by atoms with Crippen LogP contribution in [0.1, 0.15) is 56.3 Å². The van der Waals surface area contributed by atoms with Gasteiger partial charge in [0.15, 0.2) is 0 Å². The molecule has 1 rings (SSSR count). The van der Waals surface area contributed by atoms with Crippen molar-refractivity contribution in [2.45, 2.75) is 46.0 Å². The SMILES string of the molecule is CCCCCOCCOCCOCCOCCOCCOC(=O)c1ccc(NCCCC)cc1. The second kappa shape index (κ2) is 23.1. The lowest BCUT2D eigenvalue weighted by Crippen LogP contribution is -2.15. The molecule has 34 heavy (non-hydrogen) atoms. The first-order chi connectivity index (χ1) is 16.8. The third kappa shape index (κ3) is 17.7. The number of esters is 1. The van der Waals surface area contributed by atoms with Crippen LogP contribution in [0.3, 0.4) is 0 Å². The van der Waals surface area contributed by atoms with Gasteiger partial charge in [-0.05, 0) is 37.1 Å². The van der Waals surface area contributed by atoms with Crippen LogP contribution in [-0.4, -0.2) is 85.2 Å². The molecule has 0 aromatic heterocycles. The molecule has 0 aliphatic carbocycles. The number of rotatable bonds is 24. The Hall–Kier alpha value is -1.71. The van der Waals surface area contributed by atoms with Crippen LogP contribution in [0.2, 0.25) is 0 Å². The van der Waals surface area contributed by atoms with E-state index in [1.165, 1.54) is 12.8 Å². The third-order valence-electron chi connectivity index (χ3n) is 4.82. The molecule has 0 saturated carbocycles. The van der Waals surface area contributed by atoms with Crippen molar-refractivity contribution in [3.63, 3.8) is 0 Å². The zero-order valence-electron chi connectivity index (χ0n) is 21.2. The predicted molar refractivity (Wildman–Crippen MR) is 134 cm³/mol. The van der Waals surface area contributed by atoms with E-state index in [0.29, 0.717) is 65.0 Å². The second-order valence-corrected chi connectivity index (χ2v) is 7.76. The molecule has 0 amide bonds. The number of ether oxygens (including phenoxy) is 6. The Morgan fingerprint density at radius 1 is 0.618 bits per heavy atom. The number of unbranched alkanes of at least 4 members (excludes halogenated alkanes) is 3. The summed E-state index contributed by atoms with van der Waals surface area (Å²) < 4.78 is 32.5. The molecule has 0 aliphatic rings. The number of benzene rings is 1. The van der Waals surface area contributed by atoms with Crippen molar-refractivity contribution in [2.24, 2.45) is 0 Å². The van der Waals surface area contributed by atoms with Gasteiger partial charge in [0.25, 0.3) is 0 Å². The lowest BCUT2D eigenvalue weighted by atomic mass is 10.2. The van der Waals surface area contributed by atoms with Crippen LogP contribution in [0.25, 0.3) is 0 Å². The first-order valence-electron chi connectivity index (χ1n) is 12.7. The maximum Gasteiger partial charge on any atom is 0.338 e. The van der Waals surface area contributed by atoms with Crippen LogP contribution in [-0.2, 0) is 28.4 Å². The average molecular weight is 484 g/mol. The highest BCUT2D eigenvalue weighted by molar-refractivity contribution is 5.89. The van der Waals surface area contributed by atoms with Crippen LogP contribution >= 0.6 is 0 Å². The van der Waals surface area contributed by atoms with Crippen LogP contribution in [0, 0.1) is 0 Å². The minimum Gasteiger partial charge on any atom is -0.460 e. The Bertz CT molecular complexity index is 583. The molecule has 1 N–H and O–H groups in total. The molecule has 0 unspecified atom stereocenters. The minimum atomic E-state index is -0.347. The predicted octanol–water partition coefficient (Wildman–Crippen LogP) is 4.33. The molecule has 0 spiro atoms. The van der Waals surface area contributed by atoms with E-state index in [2.05, 4.69) is 19.2 Å². The minimum absolute atomic E-state index is 0.211. The van der Waals surface area contributed by atoms with E-state index in [1.807, 2.05) is 12.1 Å². The normalized spacial score (nSPS) is 11.0. The van der Waals surface area contributed by atoms with Crippen molar-refractivity contribution in [1.82, 2.24) is 0 Å². The standard InChI is InChI=1S/C26H45NO7/c1-3-5-7-13-29-14-15-30-16-17-31-18-19-32-20-21-33-22-23-34-26(28)24-8-10-25(11-9-24)27-12-6-4-2/h8-11,27H,3-7,12-23H2,1-2H3. The molecule has 8 nitrogen and oxygen atoms in total. The van der Waals surface area contributed by atoms with Crippen molar-refractivity contribution >= 4 is 11.7 Å². The van der Waals surface area contributed by atoms with Gasteiger partial charge in [0.2, 0.25) is 0 Å². The largest absolute Gasteiger partial charge is 0.460 e. The molecule has 0 heterocycles. The summed E-state index contributed by atoms with van der Waals surface area (Å²) in [4.78, 5) is 12.0. The van der Waals surface area contributed by atoms with Crippen molar-refractivity contribution < 1.29 is 33.2 Å². The molecule has 1 aromatic carbocycles. The Kier molecular flexibility index (Phi) is 20.6. The monoisotopic (exact) mass is 483 g/mol. The fourth-order valence-electron chi connectivity index (χ4n) is 2.85. The van der Waals surface area contributed by atoms with Gasteiger partial charge in [0.05, 0.1) is 65.0 Å². The highest BCUT2D eigenvalue weighted by Crippen LogP contribution is 2.10. The van der Waals surface area contributed by atoms with Crippen LogP contribution in [0.5, 0.6) is 0 Å².